The Morgan fingerprint density at radius 1 is 0.818 bits per heavy atom. The average molecular weight is 925 g/mol. The van der Waals surface area contributed by atoms with Gasteiger partial charge in [-0.15, -0.1) is 0 Å². The molecule has 0 saturated carbocycles. The van der Waals surface area contributed by atoms with Crippen molar-refractivity contribution in [3.63, 3.8) is 0 Å². The number of likely N-dealkylation sites (N-methyl/N-ethyl adjacent to an activating group) is 3. The van der Waals surface area contributed by atoms with Gasteiger partial charge in [-0.1, -0.05) is 85.2 Å². The maximum Gasteiger partial charge on any atom is 0.326 e. The van der Waals surface area contributed by atoms with E-state index in [-0.39, 0.29) is 73.1 Å². The zero-order valence-electron chi connectivity index (χ0n) is 41.2. The highest BCUT2D eigenvalue weighted by Gasteiger charge is 2.45. The quantitative estimate of drug-likeness (QED) is 0.101. The van der Waals surface area contributed by atoms with Gasteiger partial charge in [0.2, 0.25) is 29.5 Å². The van der Waals surface area contributed by atoms with Gasteiger partial charge in [0, 0.05) is 73.4 Å². The summed E-state index contributed by atoms with van der Waals surface area (Å²) in [5.41, 5.74) is 0.762. The Balaban J connectivity index is 1.76. The summed E-state index contributed by atoms with van der Waals surface area (Å²) in [6.07, 6.45) is 3.77. The van der Waals surface area contributed by atoms with Crippen LogP contribution in [0.15, 0.2) is 42.5 Å². The fourth-order valence-corrected chi connectivity index (χ4v) is 9.54. The number of hydrogen-bond acceptors (Lipinski definition) is 10. The Labute approximate surface area is 391 Å². The molecule has 0 unspecified atom stereocenters. The van der Waals surface area contributed by atoms with Crippen molar-refractivity contribution < 1.29 is 52.9 Å². The lowest BCUT2D eigenvalue weighted by Gasteiger charge is -2.43. The van der Waals surface area contributed by atoms with Crippen LogP contribution in [-0.4, -0.2) is 168 Å². The SMILES string of the molecule is CC[C@H](C)[C@@H]([C@@H](CC(=O)N1CCC[C@H]1[C@H](OC)[C@@H](C)C(=O)N[C@@H](Cc1ccccc1)C(=O)O)OC)N(C)C(=O)[C@H](C(C)C)N(C)C(=O)[C@H](C(C)C)N(C)C(=O)CCCCN1C(=O)C=CC1=O. The number of imide groups is 1. The number of carboxylic acid groups (broad SMARTS) is 1. The summed E-state index contributed by atoms with van der Waals surface area (Å²) in [6, 6.07) is 4.99. The monoisotopic (exact) mass is 925 g/mol. The van der Waals surface area contributed by atoms with E-state index >= 15 is 0 Å². The van der Waals surface area contributed by atoms with Crippen molar-refractivity contribution in [3.05, 3.63) is 48.0 Å². The minimum Gasteiger partial charge on any atom is -0.480 e. The van der Waals surface area contributed by atoms with Crippen LogP contribution in [0.3, 0.4) is 0 Å². The molecular weight excluding hydrogens is 849 g/mol. The Morgan fingerprint density at radius 2 is 1.39 bits per heavy atom. The molecule has 1 aromatic carbocycles. The average Bonchev–Trinajstić information content (AvgIpc) is 3.89. The van der Waals surface area contributed by atoms with E-state index in [1.54, 1.807) is 62.1 Å². The molecule has 0 radical (unpaired) electrons. The van der Waals surface area contributed by atoms with Gasteiger partial charge >= 0.3 is 5.97 Å². The lowest BCUT2D eigenvalue weighted by molar-refractivity contribution is -0.156. The second kappa shape index (κ2) is 25.7. The van der Waals surface area contributed by atoms with Gasteiger partial charge < -0.3 is 39.5 Å². The van der Waals surface area contributed by atoms with Crippen molar-refractivity contribution in [2.45, 2.75) is 142 Å². The maximum absolute atomic E-state index is 14.8. The third-order valence-electron chi connectivity index (χ3n) is 13.4. The Kier molecular flexibility index (Phi) is 21.5. The summed E-state index contributed by atoms with van der Waals surface area (Å²) in [5.74, 6) is -5.27. The van der Waals surface area contributed by atoms with E-state index in [0.29, 0.717) is 38.6 Å². The molecule has 2 N–H and O–H groups in total. The predicted octanol–water partition coefficient (Wildman–Crippen LogP) is 3.78. The van der Waals surface area contributed by atoms with E-state index in [0.717, 1.165) is 10.5 Å². The van der Waals surface area contributed by atoms with Crippen LogP contribution < -0.4 is 5.32 Å². The Morgan fingerprint density at radius 3 is 1.92 bits per heavy atom. The highest BCUT2D eigenvalue weighted by atomic mass is 16.5. The summed E-state index contributed by atoms with van der Waals surface area (Å²) < 4.78 is 12.0. The van der Waals surface area contributed by atoms with Crippen molar-refractivity contribution in [1.82, 2.24) is 29.8 Å². The second-order valence-electron chi connectivity index (χ2n) is 18.6. The number of hydrogen-bond donors (Lipinski definition) is 2. The van der Waals surface area contributed by atoms with Crippen LogP contribution in [0.5, 0.6) is 0 Å². The Hall–Kier alpha value is -5.16. The number of ether oxygens (including phenoxy) is 2. The highest BCUT2D eigenvalue weighted by Crippen LogP contribution is 2.30. The van der Waals surface area contributed by atoms with Crippen LogP contribution in [0.4, 0.5) is 0 Å². The fraction of sp³-hybridized carbons (Fsp3) is 0.673. The lowest BCUT2D eigenvalue weighted by atomic mass is 9.89. The molecule has 0 bridgehead atoms. The van der Waals surface area contributed by atoms with E-state index in [1.165, 1.54) is 36.2 Å². The number of methoxy groups -OCH3 is 2. The summed E-state index contributed by atoms with van der Waals surface area (Å²) in [6.45, 7) is 13.6. The molecule has 368 valence electrons. The number of carbonyl (C=O) groups is 8. The number of unbranched alkanes of at least 4 members (excludes halogenated alkanes) is 1. The molecule has 2 heterocycles. The van der Waals surface area contributed by atoms with E-state index in [2.05, 4.69) is 5.32 Å². The van der Waals surface area contributed by atoms with Gasteiger partial charge in [-0.05, 0) is 49.0 Å². The van der Waals surface area contributed by atoms with Crippen molar-refractivity contribution in [1.29, 1.82) is 0 Å². The first-order chi connectivity index (χ1) is 31.1. The number of carboxylic acids is 1. The Bertz CT molecular complexity index is 1860. The van der Waals surface area contributed by atoms with E-state index < -0.39 is 66.1 Å². The molecule has 0 aromatic heterocycles. The molecule has 66 heavy (non-hydrogen) atoms. The normalized spacial score (nSPS) is 18.7. The summed E-state index contributed by atoms with van der Waals surface area (Å²) in [5, 5.41) is 12.6. The number of amides is 7. The molecule has 17 nitrogen and oxygen atoms in total. The number of aliphatic carboxylic acids is 1. The minimum atomic E-state index is -1.16. The standard InChI is InChI=1S/C49H76N6O11/c1-13-32(6)44(37(65-11)29-41(59)54-27-19-22-36(54)45(66-12)33(7)46(60)50-35(49(63)64)28-34-20-15-14-16-21-34)53(10)48(62)43(31(4)5)52(9)47(61)42(30(2)3)51(8)38(56)23-17-18-26-55-39(57)24-25-40(55)58/h14-16,20-21,24-25,30-33,35-37,42-45H,13,17-19,22-23,26-29H2,1-12H3,(H,50,60)(H,63,64)/t32-,33+,35-,36-,37+,42-,43-,44-,45+/m0/s1. The van der Waals surface area contributed by atoms with E-state index in [4.69, 9.17) is 9.47 Å². The zero-order valence-corrected chi connectivity index (χ0v) is 41.2. The molecule has 1 aromatic rings. The number of carbonyl (C=O) groups excluding carboxylic acids is 7. The first kappa shape index (κ1) is 55.2. The summed E-state index contributed by atoms with van der Waals surface area (Å²) in [4.78, 5) is 114. The van der Waals surface area contributed by atoms with Crippen molar-refractivity contribution in [2.75, 3.05) is 48.5 Å². The van der Waals surface area contributed by atoms with Crippen LogP contribution in [0.25, 0.3) is 0 Å². The van der Waals surface area contributed by atoms with Gasteiger partial charge in [0.05, 0.1) is 36.6 Å². The number of nitrogens with zero attached hydrogens (tertiary/aromatic N) is 5. The third-order valence-corrected chi connectivity index (χ3v) is 13.4. The maximum atomic E-state index is 14.8. The number of rotatable bonds is 26. The van der Waals surface area contributed by atoms with Crippen LogP contribution in [0.1, 0.15) is 99.0 Å². The van der Waals surface area contributed by atoms with Gasteiger partial charge in [-0.3, -0.25) is 38.5 Å². The lowest BCUT2D eigenvalue weighted by Crippen LogP contribution is -2.60. The molecule has 17 heteroatoms. The molecule has 3 rings (SSSR count). The first-order valence-electron chi connectivity index (χ1n) is 23.4. The van der Waals surface area contributed by atoms with Gasteiger partial charge in [-0.2, -0.15) is 0 Å². The summed E-state index contributed by atoms with van der Waals surface area (Å²) in [7, 11) is 7.80. The zero-order chi connectivity index (χ0) is 49.6. The number of likely N-dealkylation sites (tertiary alicyclic amines) is 1. The van der Waals surface area contributed by atoms with E-state index in [9.17, 15) is 43.5 Å². The largest absolute Gasteiger partial charge is 0.480 e. The van der Waals surface area contributed by atoms with Crippen LogP contribution in [-0.2, 0) is 54.3 Å². The molecule has 2 aliphatic heterocycles. The second-order valence-corrected chi connectivity index (χ2v) is 18.6. The van der Waals surface area contributed by atoms with Gasteiger partial charge in [0.25, 0.3) is 11.8 Å². The molecular formula is C49H76N6O11. The molecule has 0 spiro atoms. The van der Waals surface area contributed by atoms with Crippen molar-refractivity contribution in [2.24, 2.45) is 23.7 Å². The molecule has 2 aliphatic rings. The first-order valence-corrected chi connectivity index (χ1v) is 23.4. The molecule has 9 atom stereocenters. The third kappa shape index (κ3) is 13.9. The fourth-order valence-electron chi connectivity index (χ4n) is 9.54. The topological polar surface area (TPSA) is 203 Å². The van der Waals surface area contributed by atoms with Crippen LogP contribution >= 0.6 is 0 Å². The van der Waals surface area contributed by atoms with Gasteiger partial charge in [0.1, 0.15) is 18.1 Å². The molecule has 0 aliphatic carbocycles. The number of benzene rings is 1. The number of nitrogens with one attached hydrogen (secondary N) is 1. The van der Waals surface area contributed by atoms with E-state index in [1.807, 2.05) is 47.6 Å². The van der Waals surface area contributed by atoms with Crippen LogP contribution in [0.2, 0.25) is 0 Å². The van der Waals surface area contributed by atoms with Crippen molar-refractivity contribution >= 4 is 47.3 Å². The molecule has 7 amide bonds. The highest BCUT2D eigenvalue weighted by molar-refractivity contribution is 6.12. The van der Waals surface area contributed by atoms with Crippen molar-refractivity contribution in [3.8, 4) is 0 Å². The van der Waals surface area contributed by atoms with Gasteiger partial charge in [-0.25, -0.2) is 4.79 Å². The predicted molar refractivity (Wildman–Crippen MR) is 248 cm³/mol. The molecule has 1 saturated heterocycles. The smallest absolute Gasteiger partial charge is 0.326 e. The van der Waals surface area contributed by atoms with Crippen LogP contribution in [0, 0.1) is 23.7 Å². The summed E-state index contributed by atoms with van der Waals surface area (Å²) >= 11 is 0. The molecule has 1 fully saturated rings. The minimum absolute atomic E-state index is 0.0835. The van der Waals surface area contributed by atoms with Gasteiger partial charge in [0.15, 0.2) is 0 Å².